The Labute approximate surface area is 131 Å². The Balaban J connectivity index is 2.33. The zero-order valence-corrected chi connectivity index (χ0v) is 13.4. The van der Waals surface area contributed by atoms with Crippen molar-refractivity contribution in [3.63, 3.8) is 0 Å². The van der Waals surface area contributed by atoms with E-state index >= 15 is 0 Å². The highest BCUT2D eigenvalue weighted by molar-refractivity contribution is 5.66. The smallest absolute Gasteiger partial charge is 0.302 e. The van der Waals surface area contributed by atoms with Crippen LogP contribution >= 0.6 is 0 Å². The maximum atomic E-state index is 11.2. The van der Waals surface area contributed by atoms with Gasteiger partial charge in [0.25, 0.3) is 0 Å². The molecule has 0 saturated heterocycles. The fourth-order valence-electron chi connectivity index (χ4n) is 3.08. The van der Waals surface area contributed by atoms with E-state index in [1.807, 2.05) is 18.2 Å². The summed E-state index contributed by atoms with van der Waals surface area (Å²) in [5, 5.41) is 9.80. The molecule has 22 heavy (non-hydrogen) atoms. The van der Waals surface area contributed by atoms with Crippen LogP contribution in [0.25, 0.3) is 0 Å². The summed E-state index contributed by atoms with van der Waals surface area (Å²) in [4.78, 5) is 11.2. The van der Waals surface area contributed by atoms with E-state index in [2.05, 4.69) is 0 Å². The quantitative estimate of drug-likeness (QED) is 0.846. The summed E-state index contributed by atoms with van der Waals surface area (Å²) in [6.45, 7) is 1.74. The first kappa shape index (κ1) is 16.6. The predicted octanol–water partition coefficient (Wildman–Crippen LogP) is 2.44. The molecule has 0 atom stereocenters. The molecule has 0 radical (unpaired) electrons. The highest BCUT2D eigenvalue weighted by Crippen LogP contribution is 2.42. The molecule has 1 N–H and O–H groups in total. The van der Waals surface area contributed by atoms with Gasteiger partial charge in [-0.2, -0.15) is 0 Å². The normalized spacial score (nSPS) is 24.6. The van der Waals surface area contributed by atoms with Crippen LogP contribution in [0.15, 0.2) is 18.2 Å². The third-order valence-corrected chi connectivity index (χ3v) is 4.46. The van der Waals surface area contributed by atoms with E-state index in [0.29, 0.717) is 30.9 Å². The molecule has 122 valence electrons. The van der Waals surface area contributed by atoms with Crippen molar-refractivity contribution in [2.75, 3.05) is 20.8 Å². The van der Waals surface area contributed by atoms with Crippen molar-refractivity contribution < 1.29 is 24.1 Å². The Bertz CT molecular complexity index is 518. The van der Waals surface area contributed by atoms with Crippen molar-refractivity contribution in [1.29, 1.82) is 0 Å². The molecule has 0 unspecified atom stereocenters. The minimum absolute atomic E-state index is 0.273. The lowest BCUT2D eigenvalue weighted by molar-refractivity contribution is -0.143. The lowest BCUT2D eigenvalue weighted by atomic mass is 9.69. The molecule has 1 aliphatic carbocycles. The molecule has 0 spiro atoms. The van der Waals surface area contributed by atoms with Crippen LogP contribution in [0.3, 0.4) is 0 Å². The number of esters is 1. The van der Waals surface area contributed by atoms with E-state index in [1.165, 1.54) is 6.92 Å². The summed E-state index contributed by atoms with van der Waals surface area (Å²) in [7, 11) is 3.20. The van der Waals surface area contributed by atoms with Crippen LogP contribution < -0.4 is 9.47 Å². The zero-order chi connectivity index (χ0) is 16.2. The standard InChI is InChI=1S/C17H24O5/c1-12(18)22-11-17(8-6-14(19)7-9-17)13-4-5-15(20-2)16(10-13)21-3/h4-5,10,14,19H,6-9,11H2,1-3H3. The number of carbonyl (C=O) groups is 1. The second kappa shape index (κ2) is 7.01. The Morgan fingerprint density at radius 1 is 1.23 bits per heavy atom. The largest absolute Gasteiger partial charge is 0.493 e. The van der Waals surface area contributed by atoms with Gasteiger partial charge in [-0.25, -0.2) is 0 Å². The zero-order valence-electron chi connectivity index (χ0n) is 13.4. The number of methoxy groups -OCH3 is 2. The third kappa shape index (κ3) is 3.53. The molecule has 1 aromatic rings. The summed E-state index contributed by atoms with van der Waals surface area (Å²) >= 11 is 0. The predicted molar refractivity (Wildman–Crippen MR) is 82.3 cm³/mol. The van der Waals surface area contributed by atoms with E-state index in [4.69, 9.17) is 14.2 Å². The summed E-state index contributed by atoms with van der Waals surface area (Å²) in [5.41, 5.74) is 0.781. The SMILES string of the molecule is COc1ccc(C2(COC(C)=O)CCC(O)CC2)cc1OC. The Morgan fingerprint density at radius 2 is 1.86 bits per heavy atom. The van der Waals surface area contributed by atoms with Crippen molar-refractivity contribution in [1.82, 2.24) is 0 Å². The molecular weight excluding hydrogens is 284 g/mol. The van der Waals surface area contributed by atoms with Crippen LogP contribution in [-0.2, 0) is 14.9 Å². The minimum atomic E-state index is -0.286. The van der Waals surface area contributed by atoms with Crippen molar-refractivity contribution >= 4 is 5.97 Å². The number of hydrogen-bond acceptors (Lipinski definition) is 5. The number of hydrogen-bond donors (Lipinski definition) is 1. The number of benzene rings is 1. The molecule has 5 nitrogen and oxygen atoms in total. The number of aliphatic hydroxyl groups is 1. The Kier molecular flexibility index (Phi) is 5.29. The van der Waals surface area contributed by atoms with E-state index in [-0.39, 0.29) is 17.5 Å². The molecule has 0 bridgehead atoms. The lowest BCUT2D eigenvalue weighted by Gasteiger charge is -2.39. The van der Waals surface area contributed by atoms with Gasteiger partial charge >= 0.3 is 5.97 Å². The van der Waals surface area contributed by atoms with Crippen LogP contribution in [0.1, 0.15) is 38.2 Å². The van der Waals surface area contributed by atoms with Crippen LogP contribution in [-0.4, -0.2) is 38.0 Å². The van der Waals surface area contributed by atoms with Crippen LogP contribution in [0.2, 0.25) is 0 Å². The molecule has 0 aromatic heterocycles. The summed E-state index contributed by atoms with van der Waals surface area (Å²) in [6, 6.07) is 5.80. The van der Waals surface area contributed by atoms with E-state index in [1.54, 1.807) is 14.2 Å². The highest BCUT2D eigenvalue weighted by Gasteiger charge is 2.38. The number of rotatable bonds is 5. The molecule has 0 aliphatic heterocycles. The van der Waals surface area contributed by atoms with Gasteiger partial charge in [0.05, 0.1) is 20.3 Å². The van der Waals surface area contributed by atoms with Gasteiger partial charge in [0, 0.05) is 12.3 Å². The van der Waals surface area contributed by atoms with Gasteiger partial charge in [-0.05, 0) is 43.4 Å². The van der Waals surface area contributed by atoms with Gasteiger partial charge < -0.3 is 19.3 Å². The lowest BCUT2D eigenvalue weighted by Crippen LogP contribution is -2.38. The first-order chi connectivity index (χ1) is 10.5. The maximum absolute atomic E-state index is 11.2. The van der Waals surface area contributed by atoms with Crippen molar-refractivity contribution in [2.24, 2.45) is 0 Å². The van der Waals surface area contributed by atoms with Crippen molar-refractivity contribution in [2.45, 2.75) is 44.1 Å². The van der Waals surface area contributed by atoms with Crippen LogP contribution in [0, 0.1) is 0 Å². The van der Waals surface area contributed by atoms with Gasteiger partial charge in [0.1, 0.15) is 6.61 Å². The van der Waals surface area contributed by atoms with Crippen molar-refractivity contribution in [3.05, 3.63) is 23.8 Å². The average Bonchev–Trinajstić information content (AvgIpc) is 2.54. The molecule has 2 rings (SSSR count). The summed E-state index contributed by atoms with van der Waals surface area (Å²) in [6.07, 6.45) is 2.68. The van der Waals surface area contributed by atoms with Gasteiger partial charge in [0.15, 0.2) is 11.5 Å². The first-order valence-electron chi connectivity index (χ1n) is 7.55. The highest BCUT2D eigenvalue weighted by atomic mass is 16.5. The monoisotopic (exact) mass is 308 g/mol. The molecule has 1 fully saturated rings. The fourth-order valence-corrected chi connectivity index (χ4v) is 3.08. The van der Waals surface area contributed by atoms with E-state index in [9.17, 15) is 9.90 Å². The topological polar surface area (TPSA) is 65.0 Å². The average molecular weight is 308 g/mol. The van der Waals surface area contributed by atoms with Gasteiger partial charge in [0.2, 0.25) is 0 Å². The van der Waals surface area contributed by atoms with E-state index < -0.39 is 0 Å². The molecular formula is C17H24O5. The van der Waals surface area contributed by atoms with E-state index in [0.717, 1.165) is 18.4 Å². The van der Waals surface area contributed by atoms with Crippen LogP contribution in [0.5, 0.6) is 11.5 Å². The van der Waals surface area contributed by atoms with Gasteiger partial charge in [-0.3, -0.25) is 4.79 Å². The Hall–Kier alpha value is -1.75. The minimum Gasteiger partial charge on any atom is -0.493 e. The first-order valence-corrected chi connectivity index (χ1v) is 7.55. The maximum Gasteiger partial charge on any atom is 0.302 e. The molecule has 1 saturated carbocycles. The number of aliphatic hydroxyl groups excluding tert-OH is 1. The molecule has 5 heteroatoms. The van der Waals surface area contributed by atoms with Gasteiger partial charge in [-0.1, -0.05) is 6.07 Å². The number of ether oxygens (including phenoxy) is 3. The number of carbonyl (C=O) groups excluding carboxylic acids is 1. The molecule has 1 aliphatic rings. The summed E-state index contributed by atoms with van der Waals surface area (Å²) in [5.74, 6) is 1.05. The third-order valence-electron chi connectivity index (χ3n) is 4.46. The second-order valence-electron chi connectivity index (χ2n) is 5.86. The fraction of sp³-hybridized carbons (Fsp3) is 0.588. The van der Waals surface area contributed by atoms with Crippen molar-refractivity contribution in [3.8, 4) is 11.5 Å². The molecule has 0 amide bonds. The Morgan fingerprint density at radius 3 is 2.41 bits per heavy atom. The molecule has 1 aromatic carbocycles. The summed E-state index contributed by atoms with van der Waals surface area (Å²) < 4.78 is 16.0. The second-order valence-corrected chi connectivity index (χ2v) is 5.86. The molecule has 0 heterocycles. The van der Waals surface area contributed by atoms with Crippen LogP contribution in [0.4, 0.5) is 0 Å². The van der Waals surface area contributed by atoms with Gasteiger partial charge in [-0.15, -0.1) is 0 Å².